The third kappa shape index (κ3) is 3.68. The zero-order valence-corrected chi connectivity index (χ0v) is 17.5. The molecule has 4 rings (SSSR count). The first-order valence-corrected chi connectivity index (χ1v) is 11.3. The topological polar surface area (TPSA) is 74.1 Å². The van der Waals surface area contributed by atoms with Gasteiger partial charge in [-0.2, -0.15) is 5.26 Å². The molecule has 0 aliphatic carbocycles. The summed E-state index contributed by atoms with van der Waals surface area (Å²) < 4.78 is 27.1. The second-order valence-electron chi connectivity index (χ2n) is 7.45. The summed E-state index contributed by atoms with van der Waals surface area (Å²) in [6.07, 6.45) is 3.42. The molecule has 0 saturated carbocycles. The summed E-state index contributed by atoms with van der Waals surface area (Å²) in [5, 5.41) is 10.4. The average Bonchev–Trinajstić information content (AvgIpc) is 2.73. The van der Waals surface area contributed by atoms with E-state index in [4.69, 9.17) is 11.6 Å². The molecule has 3 aromatic rings. The van der Waals surface area contributed by atoms with Crippen LogP contribution in [0.15, 0.2) is 58.5 Å². The lowest BCUT2D eigenvalue weighted by Crippen LogP contribution is -2.34. The minimum absolute atomic E-state index is 0.0892. The van der Waals surface area contributed by atoms with E-state index in [0.29, 0.717) is 27.7 Å². The van der Waals surface area contributed by atoms with Gasteiger partial charge in [0.05, 0.1) is 27.7 Å². The van der Waals surface area contributed by atoms with Crippen molar-refractivity contribution >= 4 is 38.0 Å². The lowest BCUT2D eigenvalue weighted by molar-refractivity contribution is 0.437. The SMILES string of the molecule is CC1CCN(c2c(S(=O)(=O)c3cccc(C#N)c3)cnc3ccc(Cl)cc23)CC1. The molecule has 0 bridgehead atoms. The first-order valence-electron chi connectivity index (χ1n) is 9.48. The lowest BCUT2D eigenvalue weighted by atomic mass is 9.98. The van der Waals surface area contributed by atoms with Gasteiger partial charge in [-0.1, -0.05) is 24.6 Å². The van der Waals surface area contributed by atoms with Crippen LogP contribution in [0.4, 0.5) is 5.69 Å². The first kappa shape index (κ1) is 19.7. The van der Waals surface area contributed by atoms with Gasteiger partial charge in [-0.15, -0.1) is 0 Å². The quantitative estimate of drug-likeness (QED) is 0.600. The van der Waals surface area contributed by atoms with Crippen molar-refractivity contribution in [3.8, 4) is 6.07 Å². The Labute approximate surface area is 175 Å². The number of piperidine rings is 1. The predicted octanol–water partition coefficient (Wildman–Crippen LogP) is 4.83. The van der Waals surface area contributed by atoms with Crippen molar-refractivity contribution in [2.75, 3.05) is 18.0 Å². The van der Waals surface area contributed by atoms with Gasteiger partial charge in [-0.25, -0.2) is 8.42 Å². The summed E-state index contributed by atoms with van der Waals surface area (Å²) in [5.74, 6) is 0.607. The molecule has 1 saturated heterocycles. The van der Waals surface area contributed by atoms with E-state index in [1.165, 1.54) is 18.3 Å². The van der Waals surface area contributed by atoms with Crippen LogP contribution < -0.4 is 4.90 Å². The van der Waals surface area contributed by atoms with Crippen LogP contribution in [0.5, 0.6) is 0 Å². The van der Waals surface area contributed by atoms with Crippen LogP contribution in [0.25, 0.3) is 10.9 Å². The smallest absolute Gasteiger partial charge is 0.210 e. The van der Waals surface area contributed by atoms with Crippen LogP contribution in [0.2, 0.25) is 5.02 Å². The number of hydrogen-bond donors (Lipinski definition) is 0. The Balaban J connectivity index is 1.96. The van der Waals surface area contributed by atoms with Gasteiger partial charge in [0, 0.05) is 29.7 Å². The molecule has 29 heavy (non-hydrogen) atoms. The number of hydrogen-bond acceptors (Lipinski definition) is 5. The highest BCUT2D eigenvalue weighted by Crippen LogP contribution is 2.38. The molecule has 5 nitrogen and oxygen atoms in total. The summed E-state index contributed by atoms with van der Waals surface area (Å²) in [6, 6.07) is 13.4. The van der Waals surface area contributed by atoms with Crippen molar-refractivity contribution in [1.82, 2.24) is 4.98 Å². The maximum Gasteiger partial charge on any atom is 0.210 e. The Morgan fingerprint density at radius 1 is 1.17 bits per heavy atom. The van der Waals surface area contributed by atoms with Gasteiger partial charge in [0.15, 0.2) is 0 Å². The number of nitrogens with zero attached hydrogens (tertiary/aromatic N) is 3. The molecule has 7 heteroatoms. The zero-order chi connectivity index (χ0) is 20.6. The minimum atomic E-state index is -3.87. The van der Waals surface area contributed by atoms with Crippen LogP contribution in [0, 0.1) is 17.2 Å². The van der Waals surface area contributed by atoms with E-state index in [1.807, 2.05) is 6.07 Å². The summed E-state index contributed by atoms with van der Waals surface area (Å²) >= 11 is 6.24. The Morgan fingerprint density at radius 2 is 1.93 bits per heavy atom. The molecule has 0 atom stereocenters. The van der Waals surface area contributed by atoms with Gasteiger partial charge in [0.1, 0.15) is 4.90 Å². The summed E-state index contributed by atoms with van der Waals surface area (Å²) in [4.78, 5) is 6.76. The van der Waals surface area contributed by atoms with Gasteiger partial charge in [0.25, 0.3) is 0 Å². The molecule has 148 valence electrons. The van der Waals surface area contributed by atoms with Gasteiger partial charge in [-0.05, 0) is 55.2 Å². The fraction of sp³-hybridized carbons (Fsp3) is 0.273. The van der Waals surface area contributed by atoms with E-state index < -0.39 is 9.84 Å². The van der Waals surface area contributed by atoms with E-state index in [9.17, 15) is 13.7 Å². The summed E-state index contributed by atoms with van der Waals surface area (Å²) in [7, 11) is -3.87. The molecule has 1 aromatic heterocycles. The Hall–Kier alpha value is -2.62. The third-order valence-corrected chi connectivity index (χ3v) is 7.42. The number of anilines is 1. The fourth-order valence-corrected chi connectivity index (χ4v) is 5.40. The van der Waals surface area contributed by atoms with Crippen LogP contribution in [-0.2, 0) is 9.84 Å². The molecule has 0 unspecified atom stereocenters. The maximum atomic E-state index is 13.5. The normalized spacial score (nSPS) is 15.4. The number of aromatic nitrogens is 1. The van der Waals surface area contributed by atoms with Gasteiger partial charge < -0.3 is 4.90 Å². The molecule has 1 fully saturated rings. The zero-order valence-electron chi connectivity index (χ0n) is 16.0. The van der Waals surface area contributed by atoms with Crippen molar-refractivity contribution in [1.29, 1.82) is 5.26 Å². The Morgan fingerprint density at radius 3 is 2.66 bits per heavy atom. The number of rotatable bonds is 3. The number of pyridine rings is 1. The highest BCUT2D eigenvalue weighted by molar-refractivity contribution is 7.91. The average molecular weight is 426 g/mol. The van der Waals surface area contributed by atoms with Gasteiger partial charge in [0.2, 0.25) is 9.84 Å². The number of benzene rings is 2. The molecule has 2 aromatic carbocycles. The molecule has 0 spiro atoms. The standard InChI is InChI=1S/C22H20ClN3O2S/c1-15-7-9-26(10-8-15)22-19-12-17(23)5-6-20(19)25-14-21(22)29(27,28)18-4-2-3-16(11-18)13-24/h2-6,11-12,14-15H,7-10H2,1H3. The molecule has 2 heterocycles. The van der Waals surface area contributed by atoms with Crippen LogP contribution in [-0.4, -0.2) is 26.5 Å². The van der Waals surface area contributed by atoms with E-state index in [2.05, 4.69) is 16.8 Å². The molecule has 1 aliphatic rings. The van der Waals surface area contributed by atoms with Crippen molar-refractivity contribution in [2.24, 2.45) is 5.92 Å². The van der Waals surface area contributed by atoms with E-state index >= 15 is 0 Å². The van der Waals surface area contributed by atoms with Crippen molar-refractivity contribution < 1.29 is 8.42 Å². The van der Waals surface area contributed by atoms with Gasteiger partial charge >= 0.3 is 0 Å². The van der Waals surface area contributed by atoms with Gasteiger partial charge in [-0.3, -0.25) is 4.98 Å². The second kappa shape index (κ2) is 7.66. The molecule has 0 N–H and O–H groups in total. The third-order valence-electron chi connectivity index (χ3n) is 5.43. The number of halogens is 1. The predicted molar refractivity (Wildman–Crippen MR) is 114 cm³/mol. The van der Waals surface area contributed by atoms with E-state index in [-0.39, 0.29) is 9.79 Å². The van der Waals surface area contributed by atoms with Crippen molar-refractivity contribution in [2.45, 2.75) is 29.6 Å². The highest BCUT2D eigenvalue weighted by Gasteiger charge is 2.28. The maximum absolute atomic E-state index is 13.5. The molecular formula is C22H20ClN3O2S. The van der Waals surface area contributed by atoms with Crippen LogP contribution in [0.3, 0.4) is 0 Å². The second-order valence-corrected chi connectivity index (χ2v) is 9.80. The summed E-state index contributed by atoms with van der Waals surface area (Å²) in [6.45, 7) is 3.75. The van der Waals surface area contributed by atoms with Crippen LogP contribution >= 0.6 is 11.6 Å². The number of fused-ring (bicyclic) bond motifs is 1. The monoisotopic (exact) mass is 425 g/mol. The van der Waals surface area contributed by atoms with Crippen molar-refractivity contribution in [3.05, 3.63) is 59.2 Å². The first-order chi connectivity index (χ1) is 13.9. The molecule has 1 aliphatic heterocycles. The Bertz CT molecular complexity index is 1230. The summed E-state index contributed by atoms with van der Waals surface area (Å²) in [5.41, 5.74) is 1.65. The fourth-order valence-electron chi connectivity index (χ4n) is 3.75. The highest BCUT2D eigenvalue weighted by atomic mass is 35.5. The number of nitriles is 1. The largest absolute Gasteiger partial charge is 0.370 e. The number of sulfone groups is 1. The van der Waals surface area contributed by atoms with Crippen LogP contribution in [0.1, 0.15) is 25.3 Å². The lowest BCUT2D eigenvalue weighted by Gasteiger charge is -2.34. The Kier molecular flexibility index (Phi) is 5.20. The van der Waals surface area contributed by atoms with E-state index in [1.54, 1.807) is 30.3 Å². The van der Waals surface area contributed by atoms with E-state index in [0.717, 1.165) is 31.3 Å². The molecular weight excluding hydrogens is 406 g/mol. The molecule has 0 amide bonds. The molecule has 0 radical (unpaired) electrons. The minimum Gasteiger partial charge on any atom is -0.370 e. The van der Waals surface area contributed by atoms with Crippen molar-refractivity contribution in [3.63, 3.8) is 0 Å².